The average Bonchev–Trinajstić information content (AvgIpc) is 2.76. The minimum atomic E-state index is -0.258. The second kappa shape index (κ2) is 8.53. The molecule has 0 atom stereocenters. The Morgan fingerprint density at radius 3 is 2.00 bits per heavy atom. The van der Waals surface area contributed by atoms with Gasteiger partial charge in [-0.2, -0.15) is 0 Å². The van der Waals surface area contributed by atoms with Crippen molar-refractivity contribution in [2.75, 3.05) is 6.26 Å². The van der Waals surface area contributed by atoms with Gasteiger partial charge in [-0.15, -0.1) is 11.8 Å². The van der Waals surface area contributed by atoms with E-state index in [0.29, 0.717) is 6.54 Å². The van der Waals surface area contributed by atoms with E-state index >= 15 is 0 Å². The second-order valence-corrected chi connectivity index (χ2v) is 7.59. The first-order valence-electron chi connectivity index (χ1n) is 9.23. The highest BCUT2D eigenvalue weighted by molar-refractivity contribution is 7.98. The number of nitrogens with one attached hydrogen (secondary N) is 1. The number of rotatable bonds is 5. The molecule has 0 amide bonds. The third kappa shape index (κ3) is 4.51. The first kappa shape index (κ1) is 19.3. The lowest BCUT2D eigenvalue weighted by atomic mass is 9.98. The van der Waals surface area contributed by atoms with E-state index in [2.05, 4.69) is 29.7 Å². The first-order valence-corrected chi connectivity index (χ1v) is 10.5. The highest BCUT2D eigenvalue weighted by Crippen LogP contribution is 2.30. The van der Waals surface area contributed by atoms with Crippen molar-refractivity contribution >= 4 is 23.0 Å². The lowest BCUT2D eigenvalue weighted by Crippen LogP contribution is -2.34. The molecular weight excluding hydrogens is 386 g/mol. The van der Waals surface area contributed by atoms with Crippen LogP contribution in [0.1, 0.15) is 16.7 Å². The van der Waals surface area contributed by atoms with Crippen molar-refractivity contribution in [1.29, 1.82) is 0 Å². The molecule has 3 aromatic rings. The van der Waals surface area contributed by atoms with E-state index in [9.17, 15) is 8.78 Å². The molecule has 0 spiro atoms. The summed E-state index contributed by atoms with van der Waals surface area (Å²) in [4.78, 5) is 1.19. The summed E-state index contributed by atoms with van der Waals surface area (Å²) in [5.74, 6) is -0.505. The SMILES string of the molecule is CSc1ccc(C2=C(c3ccc(F)cc3)C=CN(Cc3ccc(F)cc3)N2)cc1. The van der Waals surface area contributed by atoms with Gasteiger partial charge in [-0.3, -0.25) is 10.4 Å². The summed E-state index contributed by atoms with van der Waals surface area (Å²) in [7, 11) is 0. The zero-order valence-corrected chi connectivity index (χ0v) is 16.7. The highest BCUT2D eigenvalue weighted by atomic mass is 32.2. The van der Waals surface area contributed by atoms with Crippen LogP contribution in [0.3, 0.4) is 0 Å². The predicted molar refractivity (Wildman–Crippen MR) is 116 cm³/mol. The minimum Gasteiger partial charge on any atom is -0.297 e. The van der Waals surface area contributed by atoms with Gasteiger partial charge >= 0.3 is 0 Å². The molecule has 2 nitrogen and oxygen atoms in total. The Balaban J connectivity index is 1.68. The van der Waals surface area contributed by atoms with Gasteiger partial charge in [0.25, 0.3) is 0 Å². The van der Waals surface area contributed by atoms with Gasteiger partial charge in [0.2, 0.25) is 0 Å². The Morgan fingerprint density at radius 1 is 0.793 bits per heavy atom. The van der Waals surface area contributed by atoms with Gasteiger partial charge in [-0.05, 0) is 59.9 Å². The van der Waals surface area contributed by atoms with Crippen molar-refractivity contribution in [1.82, 2.24) is 10.4 Å². The van der Waals surface area contributed by atoms with Crippen LogP contribution in [0.15, 0.2) is 90.0 Å². The van der Waals surface area contributed by atoms with E-state index in [4.69, 9.17) is 0 Å². The van der Waals surface area contributed by atoms with Crippen LogP contribution in [0.4, 0.5) is 8.78 Å². The monoisotopic (exact) mass is 406 g/mol. The fourth-order valence-corrected chi connectivity index (χ4v) is 3.62. The zero-order chi connectivity index (χ0) is 20.2. The quantitative estimate of drug-likeness (QED) is 0.516. The molecule has 3 aromatic carbocycles. The molecule has 0 fully saturated rings. The molecular formula is C24H20F2N2S. The summed E-state index contributed by atoms with van der Waals surface area (Å²) in [5.41, 5.74) is 8.35. The lowest BCUT2D eigenvalue weighted by molar-refractivity contribution is 0.314. The van der Waals surface area contributed by atoms with Crippen LogP contribution in [0, 0.1) is 11.6 Å². The van der Waals surface area contributed by atoms with E-state index in [0.717, 1.165) is 28.0 Å². The summed E-state index contributed by atoms with van der Waals surface area (Å²) >= 11 is 1.69. The summed E-state index contributed by atoms with van der Waals surface area (Å²) in [6, 6.07) is 21.3. The van der Waals surface area contributed by atoms with E-state index in [1.807, 2.05) is 23.5 Å². The van der Waals surface area contributed by atoms with Crippen molar-refractivity contribution in [3.05, 3.63) is 113 Å². The van der Waals surface area contributed by atoms with Crippen molar-refractivity contribution in [3.63, 3.8) is 0 Å². The molecule has 0 saturated heterocycles. The number of benzene rings is 3. The van der Waals surface area contributed by atoms with Crippen LogP contribution >= 0.6 is 11.8 Å². The van der Waals surface area contributed by atoms with Crippen LogP contribution < -0.4 is 5.43 Å². The number of halogens is 2. The fourth-order valence-electron chi connectivity index (χ4n) is 3.22. The van der Waals surface area contributed by atoms with Crippen LogP contribution in [0.25, 0.3) is 11.3 Å². The van der Waals surface area contributed by atoms with E-state index in [-0.39, 0.29) is 11.6 Å². The number of nitrogens with zero attached hydrogens (tertiary/aromatic N) is 1. The third-order valence-electron chi connectivity index (χ3n) is 4.75. The second-order valence-electron chi connectivity index (χ2n) is 6.71. The highest BCUT2D eigenvalue weighted by Gasteiger charge is 2.17. The summed E-state index contributed by atoms with van der Waals surface area (Å²) in [5, 5.41) is 1.96. The maximum atomic E-state index is 13.4. The molecule has 0 bridgehead atoms. The normalized spacial score (nSPS) is 13.6. The van der Waals surface area contributed by atoms with Gasteiger partial charge in [-0.1, -0.05) is 36.4 Å². The van der Waals surface area contributed by atoms with Gasteiger partial charge in [-0.25, -0.2) is 8.78 Å². The molecule has 1 aliphatic rings. The summed E-state index contributed by atoms with van der Waals surface area (Å²) < 4.78 is 26.6. The Bertz CT molecular complexity index is 1040. The molecule has 1 aliphatic heterocycles. The van der Waals surface area contributed by atoms with Gasteiger partial charge in [0.15, 0.2) is 0 Å². The number of allylic oxidation sites excluding steroid dienone is 2. The molecule has 0 unspecified atom stereocenters. The Kier molecular flexibility index (Phi) is 5.67. The fraction of sp³-hybridized carbons (Fsp3) is 0.0833. The van der Waals surface area contributed by atoms with E-state index < -0.39 is 0 Å². The maximum absolute atomic E-state index is 13.4. The number of hydrogen-bond donors (Lipinski definition) is 1. The van der Waals surface area contributed by atoms with Gasteiger partial charge in [0.05, 0.1) is 12.2 Å². The molecule has 1 N–H and O–H groups in total. The first-order chi connectivity index (χ1) is 14.1. The number of hydrazine groups is 1. The number of hydrogen-bond acceptors (Lipinski definition) is 3. The lowest BCUT2D eigenvalue weighted by Gasteiger charge is -2.30. The third-order valence-corrected chi connectivity index (χ3v) is 5.49. The van der Waals surface area contributed by atoms with Crippen LogP contribution in [0.2, 0.25) is 0 Å². The molecule has 0 aliphatic carbocycles. The van der Waals surface area contributed by atoms with Crippen molar-refractivity contribution in [3.8, 4) is 0 Å². The van der Waals surface area contributed by atoms with Crippen LogP contribution in [0.5, 0.6) is 0 Å². The van der Waals surface area contributed by atoms with Crippen molar-refractivity contribution < 1.29 is 8.78 Å². The standard InChI is InChI=1S/C24H20F2N2S/c1-29-22-12-6-19(7-13-22)24-23(18-4-10-21(26)11-5-18)14-15-28(27-24)16-17-2-8-20(25)9-3-17/h2-15,27H,16H2,1H3. The van der Waals surface area contributed by atoms with Crippen LogP contribution in [-0.4, -0.2) is 11.3 Å². The number of thioether (sulfide) groups is 1. The average molecular weight is 407 g/mol. The molecule has 0 saturated carbocycles. The minimum absolute atomic E-state index is 0.246. The van der Waals surface area contributed by atoms with Gasteiger partial charge < -0.3 is 0 Å². The summed E-state index contributed by atoms with van der Waals surface area (Å²) in [6.07, 6.45) is 6.01. The molecule has 4 rings (SSSR count). The van der Waals surface area contributed by atoms with E-state index in [1.54, 1.807) is 36.0 Å². The Hall–Kier alpha value is -3.05. The smallest absolute Gasteiger partial charge is 0.123 e. The Labute approximate surface area is 173 Å². The van der Waals surface area contributed by atoms with Crippen molar-refractivity contribution in [2.45, 2.75) is 11.4 Å². The molecule has 146 valence electrons. The van der Waals surface area contributed by atoms with Gasteiger partial charge in [0.1, 0.15) is 11.6 Å². The van der Waals surface area contributed by atoms with E-state index in [1.165, 1.54) is 29.2 Å². The van der Waals surface area contributed by atoms with Gasteiger partial charge in [0, 0.05) is 22.2 Å². The zero-order valence-electron chi connectivity index (χ0n) is 15.9. The topological polar surface area (TPSA) is 15.3 Å². The predicted octanol–water partition coefficient (Wildman–Crippen LogP) is 6.09. The molecule has 1 heterocycles. The Morgan fingerprint density at radius 2 is 1.38 bits per heavy atom. The molecule has 29 heavy (non-hydrogen) atoms. The largest absolute Gasteiger partial charge is 0.297 e. The van der Waals surface area contributed by atoms with Crippen molar-refractivity contribution in [2.24, 2.45) is 0 Å². The molecule has 0 aromatic heterocycles. The molecule has 0 radical (unpaired) electrons. The summed E-state index contributed by atoms with van der Waals surface area (Å²) in [6.45, 7) is 0.583. The van der Waals surface area contributed by atoms with Crippen LogP contribution in [-0.2, 0) is 6.54 Å². The molecule has 5 heteroatoms. The maximum Gasteiger partial charge on any atom is 0.123 e.